The Balaban J connectivity index is 2.29. The van der Waals surface area contributed by atoms with Crippen LogP contribution in [-0.4, -0.2) is 12.9 Å². The standard InChI is InChI=1S/C15H20O2/c1-11(16)14-10-13(8-9-15(14)17-2)12-6-4-3-5-7-12/h8-10,12H,3-7H2,1-2H3. The second kappa shape index (κ2) is 5.35. The minimum atomic E-state index is 0.0829. The zero-order valence-electron chi connectivity index (χ0n) is 10.7. The summed E-state index contributed by atoms with van der Waals surface area (Å²) >= 11 is 0. The van der Waals surface area contributed by atoms with E-state index in [-0.39, 0.29) is 5.78 Å². The number of methoxy groups -OCH3 is 1. The Bertz CT molecular complexity index is 403. The van der Waals surface area contributed by atoms with Gasteiger partial charge in [-0.1, -0.05) is 25.3 Å². The number of ether oxygens (including phenoxy) is 1. The minimum Gasteiger partial charge on any atom is -0.496 e. The highest BCUT2D eigenvalue weighted by molar-refractivity contribution is 5.97. The number of carbonyl (C=O) groups excluding carboxylic acids is 1. The first kappa shape index (κ1) is 12.2. The molecule has 17 heavy (non-hydrogen) atoms. The molecule has 92 valence electrons. The molecule has 0 saturated heterocycles. The lowest BCUT2D eigenvalue weighted by molar-refractivity contribution is 0.101. The normalized spacial score (nSPS) is 16.8. The number of benzene rings is 1. The van der Waals surface area contributed by atoms with Gasteiger partial charge in [0.1, 0.15) is 5.75 Å². The van der Waals surface area contributed by atoms with Crippen molar-refractivity contribution >= 4 is 5.78 Å². The van der Waals surface area contributed by atoms with Crippen LogP contribution in [0.15, 0.2) is 18.2 Å². The van der Waals surface area contributed by atoms with Crippen molar-refractivity contribution in [1.29, 1.82) is 0 Å². The second-order valence-electron chi connectivity index (χ2n) is 4.85. The molecule has 2 nitrogen and oxygen atoms in total. The zero-order valence-corrected chi connectivity index (χ0v) is 10.7. The zero-order chi connectivity index (χ0) is 12.3. The summed E-state index contributed by atoms with van der Waals surface area (Å²) in [4.78, 5) is 11.6. The first-order valence-electron chi connectivity index (χ1n) is 6.41. The van der Waals surface area contributed by atoms with Crippen LogP contribution >= 0.6 is 0 Å². The summed E-state index contributed by atoms with van der Waals surface area (Å²) in [7, 11) is 1.61. The molecule has 2 rings (SSSR count). The van der Waals surface area contributed by atoms with Gasteiger partial charge in [0.05, 0.1) is 12.7 Å². The van der Waals surface area contributed by atoms with Gasteiger partial charge in [-0.2, -0.15) is 0 Å². The smallest absolute Gasteiger partial charge is 0.163 e. The van der Waals surface area contributed by atoms with E-state index in [0.717, 1.165) is 5.56 Å². The lowest BCUT2D eigenvalue weighted by atomic mass is 9.83. The van der Waals surface area contributed by atoms with Gasteiger partial charge in [-0.3, -0.25) is 4.79 Å². The number of carbonyl (C=O) groups is 1. The number of ketones is 1. The molecule has 1 aliphatic rings. The molecule has 0 heterocycles. The summed E-state index contributed by atoms with van der Waals surface area (Å²) < 4.78 is 5.23. The van der Waals surface area contributed by atoms with Crippen molar-refractivity contribution in [3.8, 4) is 5.75 Å². The Morgan fingerprint density at radius 1 is 1.24 bits per heavy atom. The summed E-state index contributed by atoms with van der Waals surface area (Å²) in [6.07, 6.45) is 6.48. The van der Waals surface area contributed by atoms with Crippen molar-refractivity contribution in [2.24, 2.45) is 0 Å². The number of hydrogen-bond acceptors (Lipinski definition) is 2. The van der Waals surface area contributed by atoms with Gasteiger partial charge in [0.15, 0.2) is 5.78 Å². The van der Waals surface area contributed by atoms with Gasteiger partial charge in [-0.25, -0.2) is 0 Å². The SMILES string of the molecule is COc1ccc(C2CCCCC2)cc1C(C)=O. The molecule has 0 unspecified atom stereocenters. The summed E-state index contributed by atoms with van der Waals surface area (Å²) in [6.45, 7) is 1.60. The summed E-state index contributed by atoms with van der Waals surface area (Å²) in [6, 6.07) is 6.07. The molecule has 0 radical (unpaired) electrons. The predicted octanol–water partition coefficient (Wildman–Crippen LogP) is 3.95. The third-order valence-electron chi connectivity index (χ3n) is 3.68. The Morgan fingerprint density at radius 3 is 2.53 bits per heavy atom. The van der Waals surface area contributed by atoms with Crippen molar-refractivity contribution in [3.05, 3.63) is 29.3 Å². The highest BCUT2D eigenvalue weighted by atomic mass is 16.5. The van der Waals surface area contributed by atoms with Gasteiger partial charge in [0.2, 0.25) is 0 Å². The second-order valence-corrected chi connectivity index (χ2v) is 4.85. The minimum absolute atomic E-state index is 0.0829. The average molecular weight is 232 g/mol. The molecule has 2 heteroatoms. The lowest BCUT2D eigenvalue weighted by Crippen LogP contribution is -2.06. The molecular formula is C15H20O2. The number of rotatable bonds is 3. The van der Waals surface area contributed by atoms with Crippen LogP contribution in [0.4, 0.5) is 0 Å². The van der Waals surface area contributed by atoms with E-state index in [2.05, 4.69) is 6.07 Å². The van der Waals surface area contributed by atoms with Gasteiger partial charge in [-0.15, -0.1) is 0 Å². The molecular weight excluding hydrogens is 212 g/mol. The summed E-state index contributed by atoms with van der Waals surface area (Å²) in [5.41, 5.74) is 2.02. The van der Waals surface area contributed by atoms with Crippen molar-refractivity contribution in [2.75, 3.05) is 7.11 Å². The Labute approximate surface area is 103 Å². The van der Waals surface area contributed by atoms with Crippen molar-refractivity contribution in [2.45, 2.75) is 44.9 Å². The van der Waals surface area contributed by atoms with Crippen LogP contribution in [0.3, 0.4) is 0 Å². The van der Waals surface area contributed by atoms with Crippen LogP contribution in [0.5, 0.6) is 5.75 Å². The van der Waals surface area contributed by atoms with Gasteiger partial charge < -0.3 is 4.74 Å². The van der Waals surface area contributed by atoms with Crippen molar-refractivity contribution in [1.82, 2.24) is 0 Å². The first-order chi connectivity index (χ1) is 8.22. The molecule has 1 fully saturated rings. The van der Waals surface area contributed by atoms with Crippen molar-refractivity contribution in [3.63, 3.8) is 0 Å². The van der Waals surface area contributed by atoms with Crippen LogP contribution in [0.1, 0.15) is 60.9 Å². The highest BCUT2D eigenvalue weighted by Crippen LogP contribution is 2.34. The fraction of sp³-hybridized carbons (Fsp3) is 0.533. The monoisotopic (exact) mass is 232 g/mol. The molecule has 0 amide bonds. The van der Waals surface area contributed by atoms with Crippen molar-refractivity contribution < 1.29 is 9.53 Å². The predicted molar refractivity (Wildman–Crippen MR) is 68.8 cm³/mol. The molecule has 1 saturated carbocycles. The van der Waals surface area contributed by atoms with Crippen LogP contribution in [0.2, 0.25) is 0 Å². The fourth-order valence-corrected chi connectivity index (χ4v) is 2.69. The summed E-state index contributed by atoms with van der Waals surface area (Å²) in [5.74, 6) is 1.41. The van der Waals surface area contributed by atoms with E-state index in [0.29, 0.717) is 11.7 Å². The quantitative estimate of drug-likeness (QED) is 0.738. The Kier molecular flexibility index (Phi) is 3.82. The van der Waals surface area contributed by atoms with E-state index in [1.54, 1.807) is 14.0 Å². The summed E-state index contributed by atoms with van der Waals surface area (Å²) in [5, 5.41) is 0. The number of hydrogen-bond donors (Lipinski definition) is 0. The van der Waals surface area contributed by atoms with E-state index >= 15 is 0 Å². The van der Waals surface area contributed by atoms with Crippen LogP contribution in [0, 0.1) is 0 Å². The van der Waals surface area contributed by atoms with Crippen LogP contribution < -0.4 is 4.74 Å². The molecule has 0 aliphatic heterocycles. The topological polar surface area (TPSA) is 26.3 Å². The van der Waals surface area contributed by atoms with Crippen LogP contribution in [0.25, 0.3) is 0 Å². The van der Waals surface area contributed by atoms with E-state index in [1.807, 2.05) is 12.1 Å². The molecule has 0 atom stereocenters. The molecule has 0 spiro atoms. The van der Waals surface area contributed by atoms with Gasteiger partial charge >= 0.3 is 0 Å². The molecule has 1 aromatic rings. The first-order valence-corrected chi connectivity index (χ1v) is 6.41. The molecule has 0 N–H and O–H groups in total. The fourth-order valence-electron chi connectivity index (χ4n) is 2.69. The highest BCUT2D eigenvalue weighted by Gasteiger charge is 2.17. The molecule has 1 aromatic carbocycles. The largest absolute Gasteiger partial charge is 0.496 e. The molecule has 1 aliphatic carbocycles. The van der Waals surface area contributed by atoms with Crippen LogP contribution in [-0.2, 0) is 0 Å². The maximum absolute atomic E-state index is 11.6. The van der Waals surface area contributed by atoms with Gasteiger partial charge in [-0.05, 0) is 43.4 Å². The average Bonchev–Trinajstić information content (AvgIpc) is 2.39. The van der Waals surface area contributed by atoms with E-state index in [1.165, 1.54) is 37.7 Å². The maximum atomic E-state index is 11.6. The Hall–Kier alpha value is -1.31. The molecule has 0 aromatic heterocycles. The molecule has 0 bridgehead atoms. The van der Waals surface area contributed by atoms with E-state index < -0.39 is 0 Å². The lowest BCUT2D eigenvalue weighted by Gasteiger charge is -2.22. The maximum Gasteiger partial charge on any atom is 0.163 e. The van der Waals surface area contributed by atoms with E-state index in [9.17, 15) is 4.79 Å². The van der Waals surface area contributed by atoms with Gasteiger partial charge in [0, 0.05) is 0 Å². The third kappa shape index (κ3) is 2.68. The third-order valence-corrected chi connectivity index (χ3v) is 3.68. The Morgan fingerprint density at radius 2 is 1.94 bits per heavy atom. The van der Waals surface area contributed by atoms with E-state index in [4.69, 9.17) is 4.74 Å². The number of Topliss-reactive ketones (excluding diaryl/α,β-unsaturated/α-hetero) is 1. The van der Waals surface area contributed by atoms with Gasteiger partial charge in [0.25, 0.3) is 0 Å².